The summed E-state index contributed by atoms with van der Waals surface area (Å²) in [4.78, 5) is 19.9. The van der Waals surface area contributed by atoms with E-state index < -0.39 is 0 Å². The van der Waals surface area contributed by atoms with Crippen molar-refractivity contribution >= 4 is 11.7 Å². The van der Waals surface area contributed by atoms with Gasteiger partial charge in [0.1, 0.15) is 5.69 Å². The standard InChI is InChI=1S/C12H17N7O/c1-7-9(8(2)19(3)18-7)4-16-12(20)10-5-15-11(17-13)6-14-10/h5-6H,4,13H2,1-3H3,(H,15,17)(H,16,20). The normalized spacial score (nSPS) is 10.4. The van der Waals surface area contributed by atoms with Crippen molar-refractivity contribution in [3.8, 4) is 0 Å². The number of nitrogens with zero attached hydrogens (tertiary/aromatic N) is 4. The molecule has 8 heteroatoms. The Balaban J connectivity index is 2.04. The van der Waals surface area contributed by atoms with Gasteiger partial charge in [-0.05, 0) is 13.8 Å². The highest BCUT2D eigenvalue weighted by molar-refractivity contribution is 5.91. The van der Waals surface area contributed by atoms with Gasteiger partial charge in [-0.1, -0.05) is 0 Å². The van der Waals surface area contributed by atoms with Crippen LogP contribution in [-0.4, -0.2) is 25.7 Å². The van der Waals surface area contributed by atoms with Crippen molar-refractivity contribution in [2.45, 2.75) is 20.4 Å². The Hall–Kier alpha value is -2.48. The second-order valence-corrected chi connectivity index (χ2v) is 4.39. The average Bonchev–Trinajstić information content (AvgIpc) is 2.70. The van der Waals surface area contributed by atoms with Crippen molar-refractivity contribution in [1.82, 2.24) is 25.1 Å². The first-order chi connectivity index (χ1) is 9.52. The van der Waals surface area contributed by atoms with Crippen LogP contribution in [0.15, 0.2) is 12.4 Å². The summed E-state index contributed by atoms with van der Waals surface area (Å²) in [5.74, 6) is 5.30. The molecule has 0 unspecified atom stereocenters. The number of nitrogens with two attached hydrogens (primary N) is 1. The number of carbonyl (C=O) groups is 1. The maximum absolute atomic E-state index is 12.0. The van der Waals surface area contributed by atoms with Crippen molar-refractivity contribution in [1.29, 1.82) is 0 Å². The Morgan fingerprint density at radius 2 is 2.10 bits per heavy atom. The topological polar surface area (TPSA) is 111 Å². The van der Waals surface area contributed by atoms with Gasteiger partial charge in [0.05, 0.1) is 18.1 Å². The number of carbonyl (C=O) groups excluding carboxylic acids is 1. The third kappa shape index (κ3) is 2.75. The molecule has 2 aromatic heterocycles. The van der Waals surface area contributed by atoms with Crippen LogP contribution < -0.4 is 16.6 Å². The predicted octanol–water partition coefficient (Wildman–Crippen LogP) is 0.0425. The van der Waals surface area contributed by atoms with Crippen LogP contribution in [0.1, 0.15) is 27.4 Å². The minimum absolute atomic E-state index is 0.239. The molecular formula is C12H17N7O. The maximum Gasteiger partial charge on any atom is 0.271 e. The molecule has 20 heavy (non-hydrogen) atoms. The minimum Gasteiger partial charge on any atom is -0.346 e. The molecule has 0 aliphatic carbocycles. The van der Waals surface area contributed by atoms with Crippen LogP contribution in [-0.2, 0) is 13.6 Å². The molecule has 0 bridgehead atoms. The molecule has 0 aromatic carbocycles. The first-order valence-corrected chi connectivity index (χ1v) is 6.09. The Bertz CT molecular complexity index is 617. The van der Waals surface area contributed by atoms with E-state index in [1.807, 2.05) is 20.9 Å². The van der Waals surface area contributed by atoms with Gasteiger partial charge in [0, 0.05) is 24.8 Å². The van der Waals surface area contributed by atoms with E-state index in [-0.39, 0.29) is 11.6 Å². The van der Waals surface area contributed by atoms with E-state index in [1.165, 1.54) is 12.4 Å². The van der Waals surface area contributed by atoms with Crippen LogP contribution in [0.2, 0.25) is 0 Å². The molecule has 1 amide bonds. The molecule has 2 rings (SSSR count). The third-order valence-corrected chi connectivity index (χ3v) is 3.12. The summed E-state index contributed by atoms with van der Waals surface area (Å²) in [7, 11) is 1.87. The van der Waals surface area contributed by atoms with Crippen molar-refractivity contribution < 1.29 is 4.79 Å². The molecule has 0 aliphatic rings. The predicted molar refractivity (Wildman–Crippen MR) is 73.7 cm³/mol. The number of aryl methyl sites for hydroxylation is 2. The number of hydrazine groups is 1. The number of nitrogens with one attached hydrogen (secondary N) is 2. The molecule has 0 atom stereocenters. The van der Waals surface area contributed by atoms with Gasteiger partial charge in [-0.2, -0.15) is 5.10 Å². The Labute approximate surface area is 116 Å². The van der Waals surface area contributed by atoms with E-state index >= 15 is 0 Å². The fourth-order valence-electron chi connectivity index (χ4n) is 1.85. The molecule has 0 aliphatic heterocycles. The van der Waals surface area contributed by atoms with E-state index in [4.69, 9.17) is 5.84 Å². The first kappa shape index (κ1) is 13.9. The summed E-state index contributed by atoms with van der Waals surface area (Å²) in [5, 5.41) is 7.10. The molecular weight excluding hydrogens is 258 g/mol. The Morgan fingerprint density at radius 1 is 1.35 bits per heavy atom. The van der Waals surface area contributed by atoms with Crippen molar-refractivity contribution in [2.24, 2.45) is 12.9 Å². The molecule has 2 aromatic rings. The highest BCUT2D eigenvalue weighted by atomic mass is 16.1. The zero-order valence-corrected chi connectivity index (χ0v) is 11.6. The van der Waals surface area contributed by atoms with Gasteiger partial charge in [0.15, 0.2) is 5.82 Å². The molecule has 106 valence electrons. The smallest absolute Gasteiger partial charge is 0.271 e. The number of rotatable bonds is 4. The lowest BCUT2D eigenvalue weighted by Gasteiger charge is -2.05. The number of amides is 1. The van der Waals surface area contributed by atoms with Crippen LogP contribution in [0.25, 0.3) is 0 Å². The van der Waals surface area contributed by atoms with Crippen LogP contribution in [0.3, 0.4) is 0 Å². The lowest BCUT2D eigenvalue weighted by molar-refractivity contribution is 0.0945. The van der Waals surface area contributed by atoms with Gasteiger partial charge in [-0.3, -0.25) is 9.48 Å². The molecule has 4 N–H and O–H groups in total. The first-order valence-electron chi connectivity index (χ1n) is 6.09. The summed E-state index contributed by atoms with van der Waals surface area (Å²) in [5.41, 5.74) is 5.53. The van der Waals surface area contributed by atoms with Gasteiger partial charge in [-0.25, -0.2) is 15.8 Å². The van der Waals surface area contributed by atoms with Gasteiger partial charge in [0.25, 0.3) is 5.91 Å². The molecule has 0 saturated heterocycles. The number of hydrogen-bond acceptors (Lipinski definition) is 6. The lowest BCUT2D eigenvalue weighted by Crippen LogP contribution is -2.24. The van der Waals surface area contributed by atoms with Crippen molar-refractivity contribution in [3.63, 3.8) is 0 Å². The van der Waals surface area contributed by atoms with Crippen LogP contribution in [0, 0.1) is 13.8 Å². The van der Waals surface area contributed by atoms with Gasteiger partial charge < -0.3 is 10.7 Å². The second kappa shape index (κ2) is 5.66. The fourth-order valence-corrected chi connectivity index (χ4v) is 1.85. The monoisotopic (exact) mass is 275 g/mol. The zero-order chi connectivity index (χ0) is 14.7. The number of anilines is 1. The van der Waals surface area contributed by atoms with Crippen molar-refractivity contribution in [2.75, 3.05) is 5.43 Å². The van der Waals surface area contributed by atoms with E-state index in [9.17, 15) is 4.79 Å². The summed E-state index contributed by atoms with van der Waals surface area (Å²) in [6, 6.07) is 0. The second-order valence-electron chi connectivity index (χ2n) is 4.39. The Morgan fingerprint density at radius 3 is 2.60 bits per heavy atom. The molecule has 0 spiro atoms. The molecule has 0 saturated carbocycles. The summed E-state index contributed by atoms with van der Waals surface area (Å²) in [6.07, 6.45) is 2.77. The quantitative estimate of drug-likeness (QED) is 0.537. The average molecular weight is 275 g/mol. The lowest BCUT2D eigenvalue weighted by atomic mass is 10.2. The summed E-state index contributed by atoms with van der Waals surface area (Å²) >= 11 is 0. The van der Waals surface area contributed by atoms with E-state index in [0.29, 0.717) is 12.4 Å². The van der Waals surface area contributed by atoms with Crippen LogP contribution in [0.4, 0.5) is 5.82 Å². The van der Waals surface area contributed by atoms with E-state index in [0.717, 1.165) is 17.0 Å². The highest BCUT2D eigenvalue weighted by Gasteiger charge is 2.12. The maximum atomic E-state index is 12.0. The molecule has 0 fully saturated rings. The van der Waals surface area contributed by atoms with Gasteiger partial charge in [-0.15, -0.1) is 0 Å². The fraction of sp³-hybridized carbons (Fsp3) is 0.333. The highest BCUT2D eigenvalue weighted by Crippen LogP contribution is 2.11. The summed E-state index contributed by atoms with van der Waals surface area (Å²) < 4.78 is 1.79. The van der Waals surface area contributed by atoms with Gasteiger partial charge in [0.2, 0.25) is 0 Å². The Kier molecular flexibility index (Phi) is 3.94. The zero-order valence-electron chi connectivity index (χ0n) is 11.6. The van der Waals surface area contributed by atoms with Crippen LogP contribution >= 0.6 is 0 Å². The number of hydrogen-bond donors (Lipinski definition) is 3. The van der Waals surface area contributed by atoms with Crippen LogP contribution in [0.5, 0.6) is 0 Å². The SMILES string of the molecule is Cc1nn(C)c(C)c1CNC(=O)c1cnc(NN)cn1. The molecule has 0 radical (unpaired) electrons. The number of nitrogen functional groups attached to an aromatic ring is 1. The minimum atomic E-state index is -0.288. The molecule has 8 nitrogen and oxygen atoms in total. The largest absolute Gasteiger partial charge is 0.346 e. The van der Waals surface area contributed by atoms with E-state index in [2.05, 4.69) is 25.8 Å². The van der Waals surface area contributed by atoms with Gasteiger partial charge >= 0.3 is 0 Å². The molecule has 2 heterocycles. The third-order valence-electron chi connectivity index (χ3n) is 3.12. The number of aromatic nitrogens is 4. The van der Waals surface area contributed by atoms with E-state index in [1.54, 1.807) is 4.68 Å². The van der Waals surface area contributed by atoms with Crippen molar-refractivity contribution in [3.05, 3.63) is 35.0 Å². The summed E-state index contributed by atoms with van der Waals surface area (Å²) in [6.45, 7) is 4.28.